The van der Waals surface area contributed by atoms with Crippen molar-refractivity contribution in [1.82, 2.24) is 5.32 Å². The number of nitrogens with one attached hydrogen (secondary N) is 1. The third kappa shape index (κ3) is 3.77. The highest BCUT2D eigenvalue weighted by Gasteiger charge is 2.25. The first kappa shape index (κ1) is 15.7. The van der Waals surface area contributed by atoms with Gasteiger partial charge in [-0.1, -0.05) is 12.1 Å². The molecule has 2 aliphatic heterocycles. The second-order valence-corrected chi connectivity index (χ2v) is 6.34. The van der Waals surface area contributed by atoms with E-state index in [1.54, 1.807) is 6.07 Å². The number of nitrogens with zero attached hydrogens (tertiary/aromatic N) is 1. The van der Waals surface area contributed by atoms with Crippen molar-refractivity contribution in [1.29, 1.82) is 0 Å². The molecule has 22 heavy (non-hydrogen) atoms. The van der Waals surface area contributed by atoms with E-state index in [2.05, 4.69) is 10.2 Å². The van der Waals surface area contributed by atoms with Crippen molar-refractivity contribution in [2.24, 2.45) is 5.73 Å². The van der Waals surface area contributed by atoms with E-state index in [0.717, 1.165) is 45.3 Å². The molecule has 3 N–H and O–H groups in total. The molecule has 2 unspecified atom stereocenters. The standard InChI is InChI=1S/C17H26FN3O/c18-14-4-1-2-6-17(14)21-10-7-13(8-11-21)22-12-16-15(19)5-3-9-20-16/h1-2,4,6,13,15-16,20H,3,5,7-12,19H2. The topological polar surface area (TPSA) is 50.5 Å². The molecule has 0 aromatic heterocycles. The fourth-order valence-electron chi connectivity index (χ4n) is 3.37. The maximum atomic E-state index is 13.8. The van der Waals surface area contributed by atoms with E-state index in [-0.39, 0.29) is 24.0 Å². The van der Waals surface area contributed by atoms with Crippen LogP contribution >= 0.6 is 0 Å². The minimum Gasteiger partial charge on any atom is -0.376 e. The van der Waals surface area contributed by atoms with Crippen LogP contribution in [0.1, 0.15) is 25.7 Å². The number of halogens is 1. The van der Waals surface area contributed by atoms with Gasteiger partial charge in [0.1, 0.15) is 5.82 Å². The minimum atomic E-state index is -0.140. The number of hydrogen-bond acceptors (Lipinski definition) is 4. The van der Waals surface area contributed by atoms with Crippen LogP contribution in [0.25, 0.3) is 0 Å². The minimum absolute atomic E-state index is 0.140. The summed E-state index contributed by atoms with van der Waals surface area (Å²) < 4.78 is 19.9. The fraction of sp³-hybridized carbons (Fsp3) is 0.647. The van der Waals surface area contributed by atoms with Crippen LogP contribution in [-0.2, 0) is 4.74 Å². The number of nitrogens with two attached hydrogens (primary N) is 1. The zero-order chi connectivity index (χ0) is 15.4. The molecule has 122 valence electrons. The second kappa shape index (κ2) is 7.40. The van der Waals surface area contributed by atoms with Crippen LogP contribution in [-0.4, -0.2) is 44.4 Å². The molecule has 2 aliphatic rings. The average molecular weight is 307 g/mol. The van der Waals surface area contributed by atoms with Crippen LogP contribution in [0.4, 0.5) is 10.1 Å². The molecule has 5 heteroatoms. The van der Waals surface area contributed by atoms with Gasteiger partial charge in [-0.2, -0.15) is 0 Å². The Kier molecular flexibility index (Phi) is 5.28. The third-order valence-corrected chi connectivity index (χ3v) is 4.78. The summed E-state index contributed by atoms with van der Waals surface area (Å²) in [5.74, 6) is -0.140. The van der Waals surface area contributed by atoms with Gasteiger partial charge < -0.3 is 20.7 Å². The molecule has 1 aromatic carbocycles. The number of anilines is 1. The van der Waals surface area contributed by atoms with E-state index in [4.69, 9.17) is 10.5 Å². The number of ether oxygens (including phenoxy) is 1. The summed E-state index contributed by atoms with van der Waals surface area (Å²) in [7, 11) is 0. The lowest BCUT2D eigenvalue weighted by Gasteiger charge is -2.35. The Bertz CT molecular complexity index is 477. The first-order chi connectivity index (χ1) is 10.7. The molecule has 2 saturated heterocycles. The molecule has 4 nitrogen and oxygen atoms in total. The van der Waals surface area contributed by atoms with Crippen LogP contribution < -0.4 is 16.0 Å². The van der Waals surface area contributed by atoms with E-state index in [9.17, 15) is 4.39 Å². The van der Waals surface area contributed by atoms with Gasteiger partial charge in [0.2, 0.25) is 0 Å². The summed E-state index contributed by atoms with van der Waals surface area (Å²) >= 11 is 0. The number of benzene rings is 1. The van der Waals surface area contributed by atoms with Crippen molar-refractivity contribution >= 4 is 5.69 Å². The Morgan fingerprint density at radius 2 is 2.00 bits per heavy atom. The Labute approximate surface area is 131 Å². The van der Waals surface area contributed by atoms with Gasteiger partial charge in [0.15, 0.2) is 0 Å². The molecule has 0 saturated carbocycles. The van der Waals surface area contributed by atoms with Crippen molar-refractivity contribution in [2.75, 3.05) is 31.1 Å². The smallest absolute Gasteiger partial charge is 0.146 e. The predicted octanol–water partition coefficient (Wildman–Crippen LogP) is 1.89. The predicted molar refractivity (Wildman–Crippen MR) is 86.6 cm³/mol. The SMILES string of the molecule is NC1CCCNC1COC1CCN(c2ccccc2F)CC1. The summed E-state index contributed by atoms with van der Waals surface area (Å²) in [5, 5.41) is 3.44. The highest BCUT2D eigenvalue weighted by atomic mass is 19.1. The monoisotopic (exact) mass is 307 g/mol. The molecule has 0 spiro atoms. The zero-order valence-electron chi connectivity index (χ0n) is 13.0. The lowest BCUT2D eigenvalue weighted by Crippen LogP contribution is -2.52. The van der Waals surface area contributed by atoms with Crippen LogP contribution in [0, 0.1) is 5.82 Å². The van der Waals surface area contributed by atoms with Crippen LogP contribution in [0.3, 0.4) is 0 Å². The average Bonchev–Trinajstić information content (AvgIpc) is 2.55. The maximum Gasteiger partial charge on any atom is 0.146 e. The summed E-state index contributed by atoms with van der Waals surface area (Å²) in [5.41, 5.74) is 6.82. The van der Waals surface area contributed by atoms with Gasteiger partial charge in [0, 0.05) is 25.2 Å². The molecule has 0 bridgehead atoms. The maximum absolute atomic E-state index is 13.8. The lowest BCUT2D eigenvalue weighted by atomic mass is 10.00. The van der Waals surface area contributed by atoms with Gasteiger partial charge in [-0.3, -0.25) is 0 Å². The molecule has 0 amide bonds. The largest absolute Gasteiger partial charge is 0.376 e. The summed E-state index contributed by atoms with van der Waals surface area (Å²) in [6, 6.07) is 7.47. The Hall–Kier alpha value is -1.17. The Morgan fingerprint density at radius 1 is 1.23 bits per heavy atom. The van der Waals surface area contributed by atoms with Gasteiger partial charge in [0.25, 0.3) is 0 Å². The van der Waals surface area contributed by atoms with Crippen molar-refractivity contribution < 1.29 is 9.13 Å². The van der Waals surface area contributed by atoms with Gasteiger partial charge in [-0.25, -0.2) is 4.39 Å². The highest BCUT2D eigenvalue weighted by Crippen LogP contribution is 2.24. The van der Waals surface area contributed by atoms with Crippen LogP contribution in [0.5, 0.6) is 0 Å². The number of para-hydroxylation sites is 1. The Morgan fingerprint density at radius 3 is 2.73 bits per heavy atom. The number of piperidine rings is 2. The molecule has 2 fully saturated rings. The molecule has 2 atom stereocenters. The van der Waals surface area contributed by atoms with E-state index in [1.807, 2.05) is 12.1 Å². The van der Waals surface area contributed by atoms with Crippen LogP contribution in [0.2, 0.25) is 0 Å². The van der Waals surface area contributed by atoms with E-state index >= 15 is 0 Å². The first-order valence-corrected chi connectivity index (χ1v) is 8.34. The first-order valence-electron chi connectivity index (χ1n) is 8.34. The number of hydrogen-bond donors (Lipinski definition) is 2. The zero-order valence-corrected chi connectivity index (χ0v) is 13.0. The summed E-state index contributed by atoms with van der Waals surface area (Å²) in [4.78, 5) is 2.11. The normalized spacial score (nSPS) is 27.1. The second-order valence-electron chi connectivity index (χ2n) is 6.34. The summed E-state index contributed by atoms with van der Waals surface area (Å²) in [6.45, 7) is 3.41. The lowest BCUT2D eigenvalue weighted by molar-refractivity contribution is 0.0165. The fourth-order valence-corrected chi connectivity index (χ4v) is 3.37. The third-order valence-electron chi connectivity index (χ3n) is 4.78. The summed E-state index contributed by atoms with van der Waals surface area (Å²) in [6.07, 6.45) is 4.37. The molecule has 3 rings (SSSR count). The molecule has 2 heterocycles. The van der Waals surface area contributed by atoms with Crippen molar-refractivity contribution in [2.45, 2.75) is 43.9 Å². The Balaban J connectivity index is 1.45. The quantitative estimate of drug-likeness (QED) is 0.892. The van der Waals surface area contributed by atoms with Crippen molar-refractivity contribution in [3.8, 4) is 0 Å². The highest BCUT2D eigenvalue weighted by molar-refractivity contribution is 5.47. The van der Waals surface area contributed by atoms with Gasteiger partial charge in [-0.15, -0.1) is 0 Å². The van der Waals surface area contributed by atoms with Gasteiger partial charge in [0.05, 0.1) is 18.4 Å². The molecular formula is C17H26FN3O. The molecular weight excluding hydrogens is 281 g/mol. The molecule has 0 radical (unpaired) electrons. The van der Waals surface area contributed by atoms with Crippen molar-refractivity contribution in [3.05, 3.63) is 30.1 Å². The van der Waals surface area contributed by atoms with Gasteiger partial charge >= 0.3 is 0 Å². The van der Waals surface area contributed by atoms with E-state index in [0.29, 0.717) is 12.3 Å². The molecule has 1 aromatic rings. The van der Waals surface area contributed by atoms with Crippen molar-refractivity contribution in [3.63, 3.8) is 0 Å². The van der Waals surface area contributed by atoms with E-state index < -0.39 is 0 Å². The molecule has 0 aliphatic carbocycles. The van der Waals surface area contributed by atoms with Crippen LogP contribution in [0.15, 0.2) is 24.3 Å². The number of rotatable bonds is 4. The van der Waals surface area contributed by atoms with E-state index in [1.165, 1.54) is 6.07 Å². The van der Waals surface area contributed by atoms with Gasteiger partial charge in [-0.05, 0) is 44.4 Å².